The highest BCUT2D eigenvalue weighted by Crippen LogP contribution is 2.17. The van der Waals surface area contributed by atoms with Gasteiger partial charge in [-0.3, -0.25) is 4.79 Å². The summed E-state index contributed by atoms with van der Waals surface area (Å²) in [4.78, 5) is 12.0. The summed E-state index contributed by atoms with van der Waals surface area (Å²) < 4.78 is 13.0. The van der Waals surface area contributed by atoms with Gasteiger partial charge < -0.3 is 11.1 Å². The molecule has 0 atom stereocenters. The highest BCUT2D eigenvalue weighted by Gasteiger charge is 2.10. The van der Waals surface area contributed by atoms with E-state index in [1.54, 1.807) is 31.2 Å². The second-order valence-corrected chi connectivity index (χ2v) is 3.98. The summed E-state index contributed by atoms with van der Waals surface area (Å²) in [6.07, 6.45) is 0. The minimum atomic E-state index is -0.392. The predicted molar refractivity (Wildman–Crippen MR) is 69.9 cm³/mol. The average Bonchev–Trinajstić information content (AvgIpc) is 2.32. The molecule has 4 heteroatoms. The first-order valence-electron chi connectivity index (χ1n) is 5.50. The van der Waals surface area contributed by atoms with Gasteiger partial charge in [-0.25, -0.2) is 4.39 Å². The van der Waals surface area contributed by atoms with E-state index in [0.29, 0.717) is 22.5 Å². The zero-order valence-electron chi connectivity index (χ0n) is 9.91. The number of nitrogens with one attached hydrogen (secondary N) is 1. The number of nitrogen functional groups attached to an aromatic ring is 1. The third kappa shape index (κ3) is 2.48. The molecule has 2 rings (SSSR count). The summed E-state index contributed by atoms with van der Waals surface area (Å²) in [6, 6.07) is 10.9. The quantitative estimate of drug-likeness (QED) is 0.798. The summed E-state index contributed by atoms with van der Waals surface area (Å²) >= 11 is 0. The molecule has 0 aliphatic rings. The number of carbonyl (C=O) groups excluding carboxylic acids is 1. The van der Waals surface area contributed by atoms with E-state index in [-0.39, 0.29) is 5.91 Å². The molecule has 1 amide bonds. The highest BCUT2D eigenvalue weighted by atomic mass is 19.1. The Bertz CT molecular complexity index is 596. The van der Waals surface area contributed by atoms with Crippen LogP contribution < -0.4 is 11.1 Å². The van der Waals surface area contributed by atoms with Gasteiger partial charge in [-0.15, -0.1) is 0 Å². The Morgan fingerprint density at radius 3 is 2.67 bits per heavy atom. The van der Waals surface area contributed by atoms with E-state index in [1.807, 2.05) is 0 Å². The lowest BCUT2D eigenvalue weighted by molar-refractivity contribution is 0.102. The van der Waals surface area contributed by atoms with Gasteiger partial charge in [-0.05, 0) is 42.8 Å². The lowest BCUT2D eigenvalue weighted by atomic mass is 10.1. The Balaban J connectivity index is 2.25. The molecule has 0 saturated heterocycles. The van der Waals surface area contributed by atoms with Crippen molar-refractivity contribution in [2.24, 2.45) is 0 Å². The van der Waals surface area contributed by atoms with Crippen LogP contribution in [0.2, 0.25) is 0 Å². The van der Waals surface area contributed by atoms with Crippen LogP contribution in [-0.2, 0) is 0 Å². The number of anilines is 2. The van der Waals surface area contributed by atoms with Crippen molar-refractivity contribution in [2.75, 3.05) is 11.1 Å². The van der Waals surface area contributed by atoms with Crippen molar-refractivity contribution < 1.29 is 9.18 Å². The first-order chi connectivity index (χ1) is 8.58. The lowest BCUT2D eigenvalue weighted by Gasteiger charge is -2.09. The second-order valence-electron chi connectivity index (χ2n) is 3.98. The SMILES string of the molecule is Cc1c(N)cccc1C(=O)Nc1cccc(F)c1. The van der Waals surface area contributed by atoms with Gasteiger partial charge in [-0.2, -0.15) is 0 Å². The van der Waals surface area contributed by atoms with Crippen LogP contribution in [0.15, 0.2) is 42.5 Å². The van der Waals surface area contributed by atoms with Crippen molar-refractivity contribution in [1.29, 1.82) is 0 Å². The van der Waals surface area contributed by atoms with Crippen molar-refractivity contribution in [3.63, 3.8) is 0 Å². The van der Waals surface area contributed by atoms with Crippen molar-refractivity contribution >= 4 is 17.3 Å². The van der Waals surface area contributed by atoms with Crippen molar-refractivity contribution in [3.8, 4) is 0 Å². The van der Waals surface area contributed by atoms with E-state index in [0.717, 1.165) is 0 Å². The number of amides is 1. The van der Waals surface area contributed by atoms with Crippen LogP contribution in [0.1, 0.15) is 15.9 Å². The summed E-state index contributed by atoms with van der Waals surface area (Å²) in [6.45, 7) is 1.77. The molecular weight excluding hydrogens is 231 g/mol. The molecule has 0 unspecified atom stereocenters. The minimum Gasteiger partial charge on any atom is -0.398 e. The molecule has 0 aliphatic heterocycles. The molecule has 3 nitrogen and oxygen atoms in total. The van der Waals surface area contributed by atoms with Gasteiger partial charge >= 0.3 is 0 Å². The van der Waals surface area contributed by atoms with Gasteiger partial charge in [0.25, 0.3) is 5.91 Å². The van der Waals surface area contributed by atoms with E-state index >= 15 is 0 Å². The maximum Gasteiger partial charge on any atom is 0.256 e. The molecule has 0 heterocycles. The Kier molecular flexibility index (Phi) is 3.28. The zero-order chi connectivity index (χ0) is 13.1. The fourth-order valence-corrected chi connectivity index (χ4v) is 1.66. The van der Waals surface area contributed by atoms with Crippen LogP contribution in [0.25, 0.3) is 0 Å². The molecular formula is C14H13FN2O. The van der Waals surface area contributed by atoms with Crippen LogP contribution in [0, 0.1) is 12.7 Å². The van der Waals surface area contributed by atoms with Crippen LogP contribution in [0.5, 0.6) is 0 Å². The van der Waals surface area contributed by atoms with Gasteiger partial charge in [0.1, 0.15) is 5.82 Å². The van der Waals surface area contributed by atoms with E-state index < -0.39 is 5.82 Å². The molecule has 2 aromatic rings. The number of halogens is 1. The standard InChI is InChI=1S/C14H13FN2O/c1-9-12(6-3-7-13(9)16)14(18)17-11-5-2-4-10(15)8-11/h2-8H,16H2,1H3,(H,17,18). The normalized spacial score (nSPS) is 10.1. The van der Waals surface area contributed by atoms with E-state index in [9.17, 15) is 9.18 Å². The molecule has 0 bridgehead atoms. The number of hydrogen-bond acceptors (Lipinski definition) is 2. The van der Waals surface area contributed by atoms with Crippen LogP contribution in [0.3, 0.4) is 0 Å². The maximum absolute atomic E-state index is 13.0. The monoisotopic (exact) mass is 244 g/mol. The zero-order valence-corrected chi connectivity index (χ0v) is 9.91. The third-order valence-electron chi connectivity index (χ3n) is 2.70. The van der Waals surface area contributed by atoms with Gasteiger partial charge in [0.2, 0.25) is 0 Å². The van der Waals surface area contributed by atoms with E-state index in [1.165, 1.54) is 18.2 Å². The molecule has 0 spiro atoms. The second kappa shape index (κ2) is 4.87. The number of benzene rings is 2. The topological polar surface area (TPSA) is 55.1 Å². The van der Waals surface area contributed by atoms with E-state index in [4.69, 9.17) is 5.73 Å². The van der Waals surface area contributed by atoms with Gasteiger partial charge in [0.05, 0.1) is 0 Å². The molecule has 0 radical (unpaired) electrons. The highest BCUT2D eigenvalue weighted by molar-refractivity contribution is 6.06. The molecule has 2 aromatic carbocycles. The Morgan fingerprint density at radius 1 is 1.22 bits per heavy atom. The van der Waals surface area contributed by atoms with Crippen LogP contribution in [0.4, 0.5) is 15.8 Å². The van der Waals surface area contributed by atoms with Gasteiger partial charge in [0.15, 0.2) is 0 Å². The van der Waals surface area contributed by atoms with E-state index in [2.05, 4.69) is 5.32 Å². The van der Waals surface area contributed by atoms with Crippen molar-refractivity contribution in [1.82, 2.24) is 0 Å². The fourth-order valence-electron chi connectivity index (χ4n) is 1.66. The largest absolute Gasteiger partial charge is 0.398 e. The molecule has 92 valence electrons. The summed E-state index contributed by atoms with van der Waals surface area (Å²) in [5, 5.41) is 2.63. The van der Waals surface area contributed by atoms with Gasteiger partial charge in [-0.1, -0.05) is 12.1 Å². The first kappa shape index (κ1) is 12.1. The molecule has 3 N–H and O–H groups in total. The Hall–Kier alpha value is -2.36. The molecule has 18 heavy (non-hydrogen) atoms. The molecule has 0 aromatic heterocycles. The maximum atomic E-state index is 13.0. The fraction of sp³-hybridized carbons (Fsp3) is 0.0714. The Morgan fingerprint density at radius 2 is 1.94 bits per heavy atom. The molecule has 0 aliphatic carbocycles. The number of hydrogen-bond donors (Lipinski definition) is 2. The van der Waals surface area contributed by atoms with Gasteiger partial charge in [0, 0.05) is 16.9 Å². The first-order valence-corrected chi connectivity index (χ1v) is 5.50. The third-order valence-corrected chi connectivity index (χ3v) is 2.70. The number of carbonyl (C=O) groups is 1. The average molecular weight is 244 g/mol. The number of nitrogens with two attached hydrogens (primary N) is 1. The number of rotatable bonds is 2. The van der Waals surface area contributed by atoms with Crippen LogP contribution >= 0.6 is 0 Å². The van der Waals surface area contributed by atoms with Crippen molar-refractivity contribution in [3.05, 3.63) is 59.4 Å². The molecule has 0 saturated carbocycles. The molecule has 0 fully saturated rings. The Labute approximate surface area is 104 Å². The summed E-state index contributed by atoms with van der Waals surface area (Å²) in [5.41, 5.74) is 7.91. The summed E-state index contributed by atoms with van der Waals surface area (Å²) in [7, 11) is 0. The summed E-state index contributed by atoms with van der Waals surface area (Å²) in [5.74, 6) is -0.692. The minimum absolute atomic E-state index is 0.301. The predicted octanol–water partition coefficient (Wildman–Crippen LogP) is 2.97. The lowest BCUT2D eigenvalue weighted by Crippen LogP contribution is -2.14. The van der Waals surface area contributed by atoms with Crippen molar-refractivity contribution in [2.45, 2.75) is 6.92 Å². The van der Waals surface area contributed by atoms with Crippen LogP contribution in [-0.4, -0.2) is 5.91 Å². The smallest absolute Gasteiger partial charge is 0.256 e.